The van der Waals surface area contributed by atoms with E-state index in [1.165, 1.54) is 6.42 Å². The van der Waals surface area contributed by atoms with E-state index in [0.717, 1.165) is 12.2 Å². The molecule has 0 bridgehead atoms. The Morgan fingerprint density at radius 2 is 2.27 bits per heavy atom. The zero-order valence-corrected chi connectivity index (χ0v) is 7.66. The molecule has 0 aliphatic carbocycles. The summed E-state index contributed by atoms with van der Waals surface area (Å²) in [5, 5.41) is 5.71. The third-order valence-electron chi connectivity index (χ3n) is 1.79. The van der Waals surface area contributed by atoms with Gasteiger partial charge in [-0.05, 0) is 18.1 Å². The lowest BCUT2D eigenvalue weighted by Gasteiger charge is -2.03. The molecule has 0 aliphatic rings. The molecule has 0 fully saturated rings. The zero-order chi connectivity index (χ0) is 8.27. The van der Waals surface area contributed by atoms with Gasteiger partial charge in [0.25, 0.3) is 0 Å². The SMILES string of the molecule is CCC(C)Cc1nc(=S)[nH][nH]1. The van der Waals surface area contributed by atoms with Gasteiger partial charge < -0.3 is 0 Å². The van der Waals surface area contributed by atoms with Crippen LogP contribution in [0.1, 0.15) is 26.1 Å². The first-order valence-electron chi connectivity index (χ1n) is 3.86. The Labute approximate surface area is 71.2 Å². The monoisotopic (exact) mass is 171 g/mol. The van der Waals surface area contributed by atoms with Crippen LogP contribution in [0.4, 0.5) is 0 Å². The molecule has 0 saturated carbocycles. The van der Waals surface area contributed by atoms with Crippen LogP contribution < -0.4 is 0 Å². The molecule has 0 amide bonds. The number of H-pyrrole nitrogens is 2. The van der Waals surface area contributed by atoms with Crippen molar-refractivity contribution in [3.63, 3.8) is 0 Å². The highest BCUT2D eigenvalue weighted by Crippen LogP contribution is 2.06. The van der Waals surface area contributed by atoms with E-state index in [9.17, 15) is 0 Å². The predicted octanol–water partition coefficient (Wildman–Crippen LogP) is 2.06. The van der Waals surface area contributed by atoms with Gasteiger partial charge in [0.1, 0.15) is 5.82 Å². The molecule has 1 unspecified atom stereocenters. The minimum atomic E-state index is 0.545. The van der Waals surface area contributed by atoms with Crippen molar-refractivity contribution in [2.45, 2.75) is 26.7 Å². The van der Waals surface area contributed by atoms with Crippen molar-refractivity contribution in [2.75, 3.05) is 0 Å². The Balaban J connectivity index is 2.57. The molecule has 0 aliphatic heterocycles. The quantitative estimate of drug-likeness (QED) is 0.684. The van der Waals surface area contributed by atoms with E-state index in [-0.39, 0.29) is 0 Å². The maximum atomic E-state index is 4.82. The van der Waals surface area contributed by atoms with E-state index < -0.39 is 0 Å². The van der Waals surface area contributed by atoms with Crippen LogP contribution in [0.5, 0.6) is 0 Å². The van der Waals surface area contributed by atoms with Gasteiger partial charge in [-0.3, -0.25) is 10.2 Å². The van der Waals surface area contributed by atoms with Gasteiger partial charge in [0, 0.05) is 6.42 Å². The van der Waals surface area contributed by atoms with Crippen LogP contribution in [0, 0.1) is 10.7 Å². The standard InChI is InChI=1S/C7H13N3S/c1-3-5(2)4-6-8-7(11)10-9-6/h5H,3-4H2,1-2H3,(H2,8,9,10,11). The maximum absolute atomic E-state index is 4.82. The van der Waals surface area contributed by atoms with Gasteiger partial charge in [-0.1, -0.05) is 20.3 Å². The summed E-state index contributed by atoms with van der Waals surface area (Å²) in [6, 6.07) is 0. The first kappa shape index (κ1) is 8.46. The number of nitrogens with zero attached hydrogens (tertiary/aromatic N) is 1. The molecule has 1 atom stereocenters. The van der Waals surface area contributed by atoms with Gasteiger partial charge in [-0.25, -0.2) is 4.98 Å². The van der Waals surface area contributed by atoms with Crippen molar-refractivity contribution in [1.82, 2.24) is 15.2 Å². The fourth-order valence-corrected chi connectivity index (χ4v) is 1.04. The summed E-state index contributed by atoms with van der Waals surface area (Å²) >= 11 is 4.82. The van der Waals surface area contributed by atoms with Crippen LogP contribution >= 0.6 is 12.2 Å². The van der Waals surface area contributed by atoms with Gasteiger partial charge in [0.15, 0.2) is 0 Å². The summed E-state index contributed by atoms with van der Waals surface area (Å²) in [4.78, 5) is 4.10. The molecule has 11 heavy (non-hydrogen) atoms. The average Bonchev–Trinajstić information content (AvgIpc) is 2.35. The number of nitrogens with one attached hydrogen (secondary N) is 2. The van der Waals surface area contributed by atoms with Crippen molar-refractivity contribution >= 4 is 12.2 Å². The van der Waals surface area contributed by atoms with E-state index in [4.69, 9.17) is 12.2 Å². The predicted molar refractivity (Wildman–Crippen MR) is 46.9 cm³/mol. The summed E-state index contributed by atoms with van der Waals surface area (Å²) in [6.07, 6.45) is 2.15. The molecule has 0 radical (unpaired) electrons. The molecule has 2 N–H and O–H groups in total. The zero-order valence-electron chi connectivity index (χ0n) is 6.85. The molecular formula is C7H13N3S. The molecule has 1 heterocycles. The summed E-state index contributed by atoms with van der Waals surface area (Å²) in [7, 11) is 0. The number of aromatic amines is 2. The number of hydrogen-bond acceptors (Lipinski definition) is 2. The topological polar surface area (TPSA) is 44.5 Å². The van der Waals surface area contributed by atoms with E-state index in [1.54, 1.807) is 0 Å². The molecule has 0 spiro atoms. The average molecular weight is 171 g/mol. The summed E-state index contributed by atoms with van der Waals surface area (Å²) in [5.74, 6) is 1.63. The molecule has 1 rings (SSSR count). The van der Waals surface area contributed by atoms with Gasteiger partial charge in [0.05, 0.1) is 0 Å². The minimum absolute atomic E-state index is 0.545. The second-order valence-electron chi connectivity index (χ2n) is 2.83. The molecule has 3 nitrogen and oxygen atoms in total. The van der Waals surface area contributed by atoms with Crippen molar-refractivity contribution in [2.24, 2.45) is 5.92 Å². The Bertz CT molecular complexity index is 263. The van der Waals surface area contributed by atoms with Crippen molar-refractivity contribution in [3.05, 3.63) is 10.6 Å². The number of aromatic nitrogens is 3. The maximum Gasteiger partial charge on any atom is 0.213 e. The van der Waals surface area contributed by atoms with Crippen LogP contribution in [0.2, 0.25) is 0 Å². The molecule has 62 valence electrons. The highest BCUT2D eigenvalue weighted by Gasteiger charge is 2.02. The van der Waals surface area contributed by atoms with E-state index in [1.807, 2.05) is 0 Å². The van der Waals surface area contributed by atoms with Crippen molar-refractivity contribution in [3.8, 4) is 0 Å². The molecular weight excluding hydrogens is 158 g/mol. The number of rotatable bonds is 3. The van der Waals surface area contributed by atoms with Crippen LogP contribution in [0.15, 0.2) is 0 Å². The molecule has 0 aromatic carbocycles. The van der Waals surface area contributed by atoms with Crippen LogP contribution in [0.25, 0.3) is 0 Å². The lowest BCUT2D eigenvalue weighted by atomic mass is 10.1. The Kier molecular flexibility index (Phi) is 2.82. The Morgan fingerprint density at radius 3 is 2.73 bits per heavy atom. The van der Waals surface area contributed by atoms with Crippen LogP contribution in [0.3, 0.4) is 0 Å². The third kappa shape index (κ3) is 2.46. The van der Waals surface area contributed by atoms with Gasteiger partial charge >= 0.3 is 0 Å². The smallest absolute Gasteiger partial charge is 0.213 e. The van der Waals surface area contributed by atoms with Crippen LogP contribution in [-0.2, 0) is 6.42 Å². The molecule has 0 saturated heterocycles. The van der Waals surface area contributed by atoms with E-state index in [0.29, 0.717) is 10.7 Å². The fourth-order valence-electron chi connectivity index (χ4n) is 0.875. The normalized spacial score (nSPS) is 13.3. The van der Waals surface area contributed by atoms with Gasteiger partial charge in [-0.2, -0.15) is 0 Å². The van der Waals surface area contributed by atoms with E-state index >= 15 is 0 Å². The number of hydrogen-bond donors (Lipinski definition) is 2. The lowest BCUT2D eigenvalue weighted by molar-refractivity contribution is 0.544. The van der Waals surface area contributed by atoms with Crippen molar-refractivity contribution in [1.29, 1.82) is 0 Å². The summed E-state index contributed by atoms with van der Waals surface area (Å²) in [5.41, 5.74) is 0. The lowest BCUT2D eigenvalue weighted by Crippen LogP contribution is -1.99. The second-order valence-corrected chi connectivity index (χ2v) is 3.22. The Hall–Kier alpha value is -0.640. The minimum Gasteiger partial charge on any atom is -0.286 e. The highest BCUT2D eigenvalue weighted by molar-refractivity contribution is 7.71. The summed E-state index contributed by atoms with van der Waals surface area (Å²) in [6.45, 7) is 4.37. The van der Waals surface area contributed by atoms with Gasteiger partial charge in [-0.15, -0.1) is 0 Å². The van der Waals surface area contributed by atoms with Gasteiger partial charge in [0.2, 0.25) is 4.77 Å². The molecule has 1 aromatic rings. The molecule has 1 aromatic heterocycles. The highest BCUT2D eigenvalue weighted by atomic mass is 32.1. The Morgan fingerprint density at radius 1 is 1.55 bits per heavy atom. The fraction of sp³-hybridized carbons (Fsp3) is 0.714. The van der Waals surface area contributed by atoms with Crippen molar-refractivity contribution < 1.29 is 0 Å². The summed E-state index contributed by atoms with van der Waals surface area (Å²) < 4.78 is 0.545. The van der Waals surface area contributed by atoms with E-state index in [2.05, 4.69) is 29.0 Å². The largest absolute Gasteiger partial charge is 0.286 e. The first-order chi connectivity index (χ1) is 5.22. The first-order valence-corrected chi connectivity index (χ1v) is 4.26. The third-order valence-corrected chi connectivity index (χ3v) is 1.98. The second kappa shape index (κ2) is 3.67. The molecule has 4 heteroatoms. The van der Waals surface area contributed by atoms with Crippen LogP contribution in [-0.4, -0.2) is 15.2 Å².